The molecule has 160 valence electrons. The first-order valence-electron chi connectivity index (χ1n) is 9.82. The van der Waals surface area contributed by atoms with Crippen molar-refractivity contribution in [2.24, 2.45) is 5.73 Å². The number of carbonyl (C=O) groups excluding carboxylic acids is 1. The smallest absolute Gasteiger partial charge is 0.247 e. The minimum Gasteiger partial charge on any atom is -0.404 e. The molecule has 3 rings (SSSR count). The Morgan fingerprint density at radius 3 is 2.52 bits per heavy atom. The Bertz CT molecular complexity index is 1110. The molecule has 8 heteroatoms. The van der Waals surface area contributed by atoms with Crippen molar-refractivity contribution in [1.29, 1.82) is 0 Å². The number of carbonyl (C=O) groups is 1. The Hall–Kier alpha value is -3.94. The molecule has 3 aromatic rings. The Kier molecular flexibility index (Phi) is 6.49. The number of amides is 1. The van der Waals surface area contributed by atoms with Gasteiger partial charge in [-0.05, 0) is 43.7 Å². The van der Waals surface area contributed by atoms with E-state index in [4.69, 9.17) is 5.73 Å². The fourth-order valence-corrected chi connectivity index (χ4v) is 3.31. The molecule has 0 aromatic carbocycles. The summed E-state index contributed by atoms with van der Waals surface area (Å²) in [7, 11) is 3.90. The number of rotatable bonds is 7. The fraction of sp³-hybridized carbons (Fsp3) is 0.217. The van der Waals surface area contributed by atoms with E-state index in [0.29, 0.717) is 5.82 Å². The minimum absolute atomic E-state index is 0.0833. The number of nitrogens with zero attached hydrogens (tertiary/aromatic N) is 5. The highest BCUT2D eigenvalue weighted by Crippen LogP contribution is 2.27. The number of hydrogen-bond acceptors (Lipinski definition) is 6. The van der Waals surface area contributed by atoms with Gasteiger partial charge in [0.2, 0.25) is 5.91 Å². The number of pyridine rings is 2. The molecule has 0 aliphatic heterocycles. The number of anilines is 2. The van der Waals surface area contributed by atoms with Crippen LogP contribution in [0.2, 0.25) is 0 Å². The molecule has 0 saturated heterocycles. The lowest BCUT2D eigenvalue weighted by atomic mass is 10.1. The Balaban J connectivity index is 1.74. The highest BCUT2D eigenvalue weighted by molar-refractivity contribution is 5.90. The molecule has 0 saturated carbocycles. The predicted molar refractivity (Wildman–Crippen MR) is 124 cm³/mol. The SMILES string of the molecule is C=C/C(=C\N)c1ccc(NC(=O)Cn2nc(C)c(-c3ccc(N(C)C)nc3)c2C)nc1. The third-order valence-corrected chi connectivity index (χ3v) is 4.93. The number of nitrogens with two attached hydrogens (primary N) is 1. The van der Waals surface area contributed by atoms with Crippen molar-refractivity contribution in [2.45, 2.75) is 20.4 Å². The van der Waals surface area contributed by atoms with Crippen LogP contribution >= 0.6 is 0 Å². The topological polar surface area (TPSA) is 102 Å². The summed E-state index contributed by atoms with van der Waals surface area (Å²) in [4.78, 5) is 23.3. The lowest BCUT2D eigenvalue weighted by Crippen LogP contribution is -2.21. The summed E-state index contributed by atoms with van der Waals surface area (Å²) in [6.07, 6.45) is 6.59. The predicted octanol–water partition coefficient (Wildman–Crippen LogP) is 3.15. The quantitative estimate of drug-likeness (QED) is 0.573. The van der Waals surface area contributed by atoms with E-state index in [1.54, 1.807) is 23.0 Å². The fourth-order valence-electron chi connectivity index (χ4n) is 3.31. The van der Waals surface area contributed by atoms with Gasteiger partial charge in [-0.2, -0.15) is 5.10 Å². The van der Waals surface area contributed by atoms with Crippen LogP contribution in [-0.2, 0) is 11.3 Å². The lowest BCUT2D eigenvalue weighted by Gasteiger charge is -2.11. The van der Waals surface area contributed by atoms with Crippen molar-refractivity contribution in [3.63, 3.8) is 0 Å². The van der Waals surface area contributed by atoms with Gasteiger partial charge < -0.3 is 16.0 Å². The summed E-state index contributed by atoms with van der Waals surface area (Å²) in [5.74, 6) is 1.13. The molecule has 3 heterocycles. The molecule has 0 spiro atoms. The Morgan fingerprint density at radius 2 is 1.97 bits per heavy atom. The Morgan fingerprint density at radius 1 is 1.19 bits per heavy atom. The second kappa shape index (κ2) is 9.25. The number of hydrogen-bond donors (Lipinski definition) is 2. The molecule has 0 radical (unpaired) electrons. The van der Waals surface area contributed by atoms with Gasteiger partial charge in [-0.25, -0.2) is 9.97 Å². The molecule has 0 aliphatic rings. The van der Waals surface area contributed by atoms with E-state index < -0.39 is 0 Å². The molecule has 0 aliphatic carbocycles. The van der Waals surface area contributed by atoms with Crippen molar-refractivity contribution < 1.29 is 4.79 Å². The molecule has 3 N–H and O–H groups in total. The first-order valence-corrected chi connectivity index (χ1v) is 9.82. The Labute approximate surface area is 182 Å². The summed E-state index contributed by atoms with van der Waals surface area (Å²) in [6, 6.07) is 7.54. The highest BCUT2D eigenvalue weighted by atomic mass is 16.2. The molecule has 31 heavy (non-hydrogen) atoms. The molecule has 3 aromatic heterocycles. The van der Waals surface area contributed by atoms with Gasteiger partial charge >= 0.3 is 0 Å². The number of aromatic nitrogens is 4. The van der Waals surface area contributed by atoms with E-state index in [0.717, 1.165) is 39.5 Å². The van der Waals surface area contributed by atoms with Crippen LogP contribution < -0.4 is 16.0 Å². The van der Waals surface area contributed by atoms with Crippen LogP contribution in [-0.4, -0.2) is 39.8 Å². The van der Waals surface area contributed by atoms with Crippen LogP contribution in [0.25, 0.3) is 16.7 Å². The largest absolute Gasteiger partial charge is 0.404 e. The molecule has 8 nitrogen and oxygen atoms in total. The van der Waals surface area contributed by atoms with Gasteiger partial charge in [0.15, 0.2) is 0 Å². The zero-order chi connectivity index (χ0) is 22.5. The van der Waals surface area contributed by atoms with Crippen LogP contribution in [0.1, 0.15) is 17.0 Å². The van der Waals surface area contributed by atoms with Crippen molar-refractivity contribution in [3.8, 4) is 11.1 Å². The summed E-state index contributed by atoms with van der Waals surface area (Å²) in [6.45, 7) is 7.68. The third-order valence-electron chi connectivity index (χ3n) is 4.93. The number of aryl methyl sites for hydroxylation is 1. The maximum absolute atomic E-state index is 12.6. The van der Waals surface area contributed by atoms with Crippen molar-refractivity contribution in [3.05, 3.63) is 72.5 Å². The average molecular weight is 418 g/mol. The maximum Gasteiger partial charge on any atom is 0.247 e. The van der Waals surface area contributed by atoms with Crippen LogP contribution in [0, 0.1) is 13.8 Å². The molecular weight excluding hydrogens is 390 g/mol. The zero-order valence-electron chi connectivity index (χ0n) is 18.3. The van der Waals surface area contributed by atoms with Gasteiger partial charge in [0.25, 0.3) is 0 Å². The van der Waals surface area contributed by atoms with E-state index in [2.05, 4.69) is 27.0 Å². The molecular formula is C23H27N7O. The number of allylic oxidation sites excluding steroid dienone is 2. The monoisotopic (exact) mass is 417 g/mol. The summed E-state index contributed by atoms with van der Waals surface area (Å²) in [5, 5.41) is 7.35. The van der Waals surface area contributed by atoms with Gasteiger partial charge in [0, 0.05) is 55.1 Å². The van der Waals surface area contributed by atoms with Crippen LogP contribution in [0.3, 0.4) is 0 Å². The van der Waals surface area contributed by atoms with Gasteiger partial charge in [-0.1, -0.05) is 12.7 Å². The van der Waals surface area contributed by atoms with Crippen molar-refractivity contribution >= 4 is 23.1 Å². The molecule has 1 amide bonds. The second-order valence-corrected chi connectivity index (χ2v) is 7.31. The summed E-state index contributed by atoms with van der Waals surface area (Å²) >= 11 is 0. The van der Waals surface area contributed by atoms with Crippen LogP contribution in [0.5, 0.6) is 0 Å². The van der Waals surface area contributed by atoms with E-state index in [-0.39, 0.29) is 12.5 Å². The normalized spacial score (nSPS) is 11.3. The van der Waals surface area contributed by atoms with E-state index in [1.807, 2.05) is 57.2 Å². The van der Waals surface area contributed by atoms with Crippen molar-refractivity contribution in [2.75, 3.05) is 24.3 Å². The molecule has 0 atom stereocenters. The van der Waals surface area contributed by atoms with E-state index >= 15 is 0 Å². The standard InChI is InChI=1S/C23H27N7O/c1-6-17(11-24)18-7-9-20(25-12-18)27-22(31)14-30-16(3)23(15(2)28-30)19-8-10-21(26-13-19)29(4)5/h6-13H,1,14,24H2,2-5H3,(H,25,27,31)/b17-11+. The molecule has 0 fully saturated rings. The van der Waals surface area contributed by atoms with Gasteiger partial charge in [0.05, 0.1) is 5.69 Å². The third kappa shape index (κ3) is 4.80. The van der Waals surface area contributed by atoms with E-state index in [1.165, 1.54) is 6.20 Å². The highest BCUT2D eigenvalue weighted by Gasteiger charge is 2.16. The maximum atomic E-state index is 12.6. The number of nitrogens with one attached hydrogen (secondary N) is 1. The second-order valence-electron chi connectivity index (χ2n) is 7.31. The summed E-state index contributed by atoms with van der Waals surface area (Å²) in [5.41, 5.74) is 10.9. The minimum atomic E-state index is -0.211. The van der Waals surface area contributed by atoms with Gasteiger partial charge in [-0.15, -0.1) is 0 Å². The average Bonchev–Trinajstić information content (AvgIpc) is 3.03. The van der Waals surface area contributed by atoms with Crippen LogP contribution in [0.15, 0.2) is 55.5 Å². The molecule has 0 unspecified atom stereocenters. The van der Waals surface area contributed by atoms with E-state index in [9.17, 15) is 4.79 Å². The van der Waals surface area contributed by atoms with Gasteiger partial charge in [0.1, 0.15) is 18.2 Å². The first kappa shape index (κ1) is 21.8. The summed E-state index contributed by atoms with van der Waals surface area (Å²) < 4.78 is 1.70. The lowest BCUT2D eigenvalue weighted by molar-refractivity contribution is -0.117. The first-order chi connectivity index (χ1) is 14.8. The van der Waals surface area contributed by atoms with Gasteiger partial charge in [-0.3, -0.25) is 9.48 Å². The zero-order valence-corrected chi connectivity index (χ0v) is 18.3. The molecule has 0 bridgehead atoms. The van der Waals surface area contributed by atoms with Crippen LogP contribution in [0.4, 0.5) is 11.6 Å². The van der Waals surface area contributed by atoms with Crippen molar-refractivity contribution in [1.82, 2.24) is 19.7 Å².